The quantitative estimate of drug-likeness (QED) is 0.418. The number of amides is 1. The largest absolute Gasteiger partial charge is 0.437 e. The van der Waals surface area contributed by atoms with Crippen molar-refractivity contribution in [2.24, 2.45) is 17.0 Å². The van der Waals surface area contributed by atoms with Crippen LogP contribution in [0.15, 0.2) is 29.4 Å². The van der Waals surface area contributed by atoms with Gasteiger partial charge in [-0.3, -0.25) is 10.2 Å². The lowest BCUT2D eigenvalue weighted by Gasteiger charge is -2.28. The lowest BCUT2D eigenvalue weighted by molar-refractivity contribution is 0.165. The molecule has 0 radical (unpaired) electrons. The van der Waals surface area contributed by atoms with E-state index in [1.807, 2.05) is 43.0 Å². The van der Waals surface area contributed by atoms with Crippen LogP contribution in [0.1, 0.15) is 44.6 Å². The summed E-state index contributed by atoms with van der Waals surface area (Å²) in [5.41, 5.74) is 2.82. The molecule has 24 heavy (non-hydrogen) atoms. The zero-order valence-corrected chi connectivity index (χ0v) is 15.5. The van der Waals surface area contributed by atoms with Gasteiger partial charge in [0, 0.05) is 22.8 Å². The first-order valence-corrected chi connectivity index (χ1v) is 9.90. The van der Waals surface area contributed by atoms with Gasteiger partial charge in [0.25, 0.3) is 0 Å². The number of nitrogens with one attached hydrogen (secondary N) is 1. The van der Waals surface area contributed by atoms with Crippen molar-refractivity contribution in [1.82, 2.24) is 0 Å². The summed E-state index contributed by atoms with van der Waals surface area (Å²) in [7, 11) is 0. The summed E-state index contributed by atoms with van der Waals surface area (Å²) < 4.78 is 0.220. The SMILES string of the molecule is CSC(C)(C/C(=N/OC(=O)Nc1ccccc1C)C1CC1)C1CC1. The average Bonchev–Trinajstić information content (AvgIpc) is 3.45. The first kappa shape index (κ1) is 17.3. The third kappa shape index (κ3) is 4.32. The normalized spacial score (nSPS) is 20.4. The molecule has 3 rings (SSSR count). The van der Waals surface area contributed by atoms with Gasteiger partial charge in [0.15, 0.2) is 0 Å². The topological polar surface area (TPSA) is 50.7 Å². The van der Waals surface area contributed by atoms with Crippen molar-refractivity contribution < 1.29 is 9.63 Å². The van der Waals surface area contributed by atoms with Crippen LogP contribution in [0.5, 0.6) is 0 Å². The van der Waals surface area contributed by atoms with E-state index in [0.717, 1.165) is 42.1 Å². The van der Waals surface area contributed by atoms with Gasteiger partial charge in [0.2, 0.25) is 0 Å². The fourth-order valence-corrected chi connectivity index (χ4v) is 3.91. The molecule has 1 atom stereocenters. The summed E-state index contributed by atoms with van der Waals surface area (Å²) in [6.45, 7) is 4.27. The Morgan fingerprint density at radius 1 is 1.33 bits per heavy atom. The van der Waals surface area contributed by atoms with Gasteiger partial charge >= 0.3 is 6.09 Å². The second-order valence-electron chi connectivity index (χ2n) is 7.14. The Hall–Kier alpha value is -1.49. The monoisotopic (exact) mass is 346 g/mol. The van der Waals surface area contributed by atoms with Crippen LogP contribution in [0.25, 0.3) is 0 Å². The molecular formula is C19H26N2O2S. The summed E-state index contributed by atoms with van der Waals surface area (Å²) in [6, 6.07) is 7.64. The van der Waals surface area contributed by atoms with Crippen LogP contribution in [-0.4, -0.2) is 22.8 Å². The van der Waals surface area contributed by atoms with Crippen molar-refractivity contribution in [3.8, 4) is 0 Å². The standard InChI is InChI=1S/C19H26N2O2S/c1-13-6-4-5-7-16(13)20-18(22)23-21-17(14-8-9-14)12-19(2,24-3)15-10-11-15/h4-7,14-15H,8-12H2,1-3H3,(H,20,22)/b21-17-. The highest BCUT2D eigenvalue weighted by Gasteiger charge is 2.44. The second kappa shape index (κ2) is 7.18. The molecule has 1 unspecified atom stereocenters. The van der Waals surface area contributed by atoms with E-state index in [1.54, 1.807) is 0 Å². The number of carbonyl (C=O) groups excluding carboxylic acids is 1. The van der Waals surface area contributed by atoms with E-state index in [-0.39, 0.29) is 4.75 Å². The molecule has 130 valence electrons. The van der Waals surface area contributed by atoms with Gasteiger partial charge in [-0.25, -0.2) is 4.79 Å². The zero-order chi connectivity index (χ0) is 17.2. The molecule has 1 aromatic carbocycles. The van der Waals surface area contributed by atoms with E-state index in [4.69, 9.17) is 4.84 Å². The Labute approximate surface area is 148 Å². The number of oxime groups is 1. The first-order chi connectivity index (χ1) is 11.5. The molecular weight excluding hydrogens is 320 g/mol. The van der Waals surface area contributed by atoms with Crippen LogP contribution in [0, 0.1) is 18.8 Å². The molecule has 1 aromatic rings. The predicted octanol–water partition coefficient (Wildman–Crippen LogP) is 5.23. The van der Waals surface area contributed by atoms with Crippen LogP contribution < -0.4 is 5.32 Å². The lowest BCUT2D eigenvalue weighted by atomic mass is 9.96. The Bertz CT molecular complexity index is 638. The molecule has 2 aliphatic carbocycles. The van der Waals surface area contributed by atoms with E-state index < -0.39 is 6.09 Å². The lowest BCUT2D eigenvalue weighted by Crippen LogP contribution is -2.28. The number of rotatable bonds is 7. The summed E-state index contributed by atoms with van der Waals surface area (Å²) in [5.74, 6) is 1.28. The first-order valence-electron chi connectivity index (χ1n) is 8.67. The number of hydrogen-bond donors (Lipinski definition) is 1. The Balaban J connectivity index is 1.62. The van der Waals surface area contributed by atoms with Crippen molar-refractivity contribution >= 4 is 29.3 Å². The number of nitrogens with zero attached hydrogens (tertiary/aromatic N) is 1. The van der Waals surface area contributed by atoms with Gasteiger partial charge in [-0.1, -0.05) is 23.4 Å². The summed E-state index contributed by atoms with van der Waals surface area (Å²) >= 11 is 1.92. The van der Waals surface area contributed by atoms with Crippen LogP contribution in [0.2, 0.25) is 0 Å². The Kier molecular flexibility index (Phi) is 5.18. The molecule has 1 amide bonds. The van der Waals surface area contributed by atoms with Crippen LogP contribution in [-0.2, 0) is 4.84 Å². The molecule has 2 fully saturated rings. The van der Waals surface area contributed by atoms with E-state index in [1.165, 1.54) is 12.8 Å². The number of para-hydroxylation sites is 1. The van der Waals surface area contributed by atoms with Gasteiger partial charge < -0.3 is 0 Å². The van der Waals surface area contributed by atoms with Crippen molar-refractivity contribution in [3.05, 3.63) is 29.8 Å². The van der Waals surface area contributed by atoms with E-state index in [9.17, 15) is 4.79 Å². The van der Waals surface area contributed by atoms with Crippen LogP contribution in [0.3, 0.4) is 0 Å². The minimum atomic E-state index is -0.514. The van der Waals surface area contributed by atoms with E-state index in [2.05, 4.69) is 23.7 Å². The minimum absolute atomic E-state index is 0.220. The highest BCUT2D eigenvalue weighted by atomic mass is 32.2. The molecule has 0 bridgehead atoms. The molecule has 5 heteroatoms. The van der Waals surface area contributed by atoms with Crippen LogP contribution in [0.4, 0.5) is 10.5 Å². The number of anilines is 1. The molecule has 0 aliphatic heterocycles. The maximum absolute atomic E-state index is 12.0. The highest BCUT2D eigenvalue weighted by Crippen LogP contribution is 2.50. The maximum Gasteiger partial charge on any atom is 0.437 e. The summed E-state index contributed by atoms with van der Waals surface area (Å²) in [4.78, 5) is 17.2. The van der Waals surface area contributed by atoms with Crippen molar-refractivity contribution in [1.29, 1.82) is 0 Å². The number of benzene rings is 1. The smallest absolute Gasteiger partial charge is 0.298 e. The Morgan fingerprint density at radius 3 is 2.62 bits per heavy atom. The van der Waals surface area contributed by atoms with Gasteiger partial charge in [-0.15, -0.1) is 0 Å². The average molecular weight is 346 g/mol. The number of aryl methyl sites for hydroxylation is 1. The minimum Gasteiger partial charge on any atom is -0.298 e. The second-order valence-corrected chi connectivity index (χ2v) is 8.48. The molecule has 0 heterocycles. The van der Waals surface area contributed by atoms with E-state index >= 15 is 0 Å². The predicted molar refractivity (Wildman–Crippen MR) is 101 cm³/mol. The summed E-state index contributed by atoms with van der Waals surface area (Å²) in [6.07, 6.45) is 7.52. The van der Waals surface area contributed by atoms with Gasteiger partial charge in [-0.05, 0) is 63.3 Å². The molecule has 0 aromatic heterocycles. The van der Waals surface area contributed by atoms with Crippen molar-refractivity contribution in [3.63, 3.8) is 0 Å². The molecule has 4 nitrogen and oxygen atoms in total. The molecule has 1 N–H and O–H groups in total. The van der Waals surface area contributed by atoms with Crippen molar-refractivity contribution in [2.75, 3.05) is 11.6 Å². The van der Waals surface area contributed by atoms with Gasteiger partial charge in [0.1, 0.15) is 0 Å². The fourth-order valence-electron chi connectivity index (χ4n) is 3.05. The number of carbonyl (C=O) groups is 1. The molecule has 2 aliphatic rings. The fraction of sp³-hybridized carbons (Fsp3) is 0.579. The zero-order valence-electron chi connectivity index (χ0n) is 14.7. The Morgan fingerprint density at radius 2 is 2.04 bits per heavy atom. The van der Waals surface area contributed by atoms with E-state index in [0.29, 0.717) is 5.92 Å². The van der Waals surface area contributed by atoms with Crippen molar-refractivity contribution in [2.45, 2.75) is 50.7 Å². The third-order valence-corrected chi connectivity index (χ3v) is 6.53. The maximum atomic E-state index is 12.0. The molecule has 2 saturated carbocycles. The highest BCUT2D eigenvalue weighted by molar-refractivity contribution is 8.00. The number of hydrogen-bond acceptors (Lipinski definition) is 4. The third-order valence-electron chi connectivity index (χ3n) is 5.12. The van der Waals surface area contributed by atoms with Gasteiger partial charge in [-0.2, -0.15) is 11.8 Å². The number of thioether (sulfide) groups is 1. The molecule has 0 saturated heterocycles. The molecule has 0 spiro atoms. The van der Waals surface area contributed by atoms with Gasteiger partial charge in [0.05, 0.1) is 5.71 Å². The summed E-state index contributed by atoms with van der Waals surface area (Å²) in [5, 5.41) is 7.01. The van der Waals surface area contributed by atoms with Crippen LogP contribution >= 0.6 is 11.8 Å².